The predicted octanol–water partition coefficient (Wildman–Crippen LogP) is 4.84. The Morgan fingerprint density at radius 1 is 1.11 bits per heavy atom. The Balaban J connectivity index is 1.39. The number of hydrogen-bond donors (Lipinski definition) is 1. The summed E-state index contributed by atoms with van der Waals surface area (Å²) < 4.78 is 6.20. The number of carbonyl (C=O) groups excluding carboxylic acids is 1. The van der Waals surface area contributed by atoms with E-state index in [0.29, 0.717) is 11.6 Å². The number of halogens is 2. The molecule has 1 fully saturated rings. The van der Waals surface area contributed by atoms with Gasteiger partial charge in [-0.15, -0.1) is 0 Å². The van der Waals surface area contributed by atoms with Crippen LogP contribution in [-0.2, 0) is 21.7 Å². The Labute approximate surface area is 169 Å². The van der Waals surface area contributed by atoms with Crippen LogP contribution in [0.1, 0.15) is 30.9 Å². The van der Waals surface area contributed by atoms with E-state index in [1.807, 2.05) is 31.2 Å². The number of nitrogens with zero attached hydrogens (tertiary/aromatic N) is 1. The summed E-state index contributed by atoms with van der Waals surface area (Å²) in [5.41, 5.74) is 2.96. The van der Waals surface area contributed by atoms with Gasteiger partial charge in [0.05, 0.1) is 18.2 Å². The maximum absolute atomic E-state index is 12.6. The van der Waals surface area contributed by atoms with Crippen LogP contribution in [0.4, 0.5) is 5.69 Å². The molecule has 0 saturated carbocycles. The van der Waals surface area contributed by atoms with Crippen molar-refractivity contribution in [1.29, 1.82) is 0 Å². The number of piperidine rings is 1. The van der Waals surface area contributed by atoms with E-state index in [9.17, 15) is 4.79 Å². The molecule has 0 radical (unpaired) electrons. The third-order valence-electron chi connectivity index (χ3n) is 5.71. The average molecular weight is 405 g/mol. The van der Waals surface area contributed by atoms with Crippen molar-refractivity contribution in [2.45, 2.75) is 38.0 Å². The molecule has 0 aliphatic carbocycles. The van der Waals surface area contributed by atoms with Crippen molar-refractivity contribution >= 4 is 34.8 Å². The highest BCUT2D eigenvalue weighted by molar-refractivity contribution is 6.31. The number of fused-ring (bicyclic) bond motifs is 2. The Kier molecular flexibility index (Phi) is 5.17. The first kappa shape index (κ1) is 18.8. The van der Waals surface area contributed by atoms with Crippen LogP contribution in [0.25, 0.3) is 0 Å². The molecule has 2 aromatic carbocycles. The molecule has 1 spiro atoms. The first-order valence-corrected chi connectivity index (χ1v) is 9.96. The van der Waals surface area contributed by atoms with E-state index in [1.54, 1.807) is 12.1 Å². The van der Waals surface area contributed by atoms with Crippen molar-refractivity contribution in [2.24, 2.45) is 0 Å². The highest BCUT2D eigenvalue weighted by Crippen LogP contribution is 2.45. The van der Waals surface area contributed by atoms with Crippen molar-refractivity contribution in [3.63, 3.8) is 0 Å². The Morgan fingerprint density at radius 3 is 2.48 bits per heavy atom. The zero-order valence-corrected chi connectivity index (χ0v) is 16.7. The van der Waals surface area contributed by atoms with Gasteiger partial charge in [0.2, 0.25) is 5.91 Å². The number of anilines is 1. The van der Waals surface area contributed by atoms with Crippen molar-refractivity contribution in [3.8, 4) is 0 Å². The topological polar surface area (TPSA) is 41.6 Å². The number of nitrogens with one attached hydrogen (secondary N) is 1. The van der Waals surface area contributed by atoms with Gasteiger partial charge in [-0.05, 0) is 67.3 Å². The monoisotopic (exact) mass is 404 g/mol. The van der Waals surface area contributed by atoms with Crippen LogP contribution in [-0.4, -0.2) is 29.9 Å². The maximum Gasteiger partial charge on any atom is 0.241 e. The molecule has 2 aliphatic heterocycles. The molecule has 1 N–H and O–H groups in total. The van der Waals surface area contributed by atoms with E-state index in [2.05, 4.69) is 16.3 Å². The number of hydrogen-bond acceptors (Lipinski definition) is 3. The van der Waals surface area contributed by atoms with E-state index in [4.69, 9.17) is 27.9 Å². The largest absolute Gasteiger partial charge is 0.365 e. The van der Waals surface area contributed by atoms with Crippen LogP contribution in [0.5, 0.6) is 0 Å². The molecule has 142 valence electrons. The minimum Gasteiger partial charge on any atom is -0.365 e. The molecule has 4 nitrogen and oxygen atoms in total. The van der Waals surface area contributed by atoms with Crippen LogP contribution < -0.4 is 5.32 Å². The summed E-state index contributed by atoms with van der Waals surface area (Å²) in [6, 6.07) is 13.0. The molecule has 0 aromatic heterocycles. The molecule has 1 amide bonds. The maximum atomic E-state index is 12.6. The average Bonchev–Trinajstić information content (AvgIpc) is 3.01. The lowest BCUT2D eigenvalue weighted by molar-refractivity contribution is -0.124. The van der Waals surface area contributed by atoms with E-state index in [-0.39, 0.29) is 17.6 Å². The van der Waals surface area contributed by atoms with Crippen LogP contribution in [0.3, 0.4) is 0 Å². The van der Waals surface area contributed by atoms with Gasteiger partial charge < -0.3 is 10.1 Å². The van der Waals surface area contributed by atoms with Gasteiger partial charge >= 0.3 is 0 Å². The molecular formula is C21H22Cl2N2O2. The lowest BCUT2D eigenvalue weighted by atomic mass is 9.83. The second-order valence-electron chi connectivity index (χ2n) is 7.29. The van der Waals surface area contributed by atoms with E-state index in [1.165, 1.54) is 11.1 Å². The molecule has 0 bridgehead atoms. The van der Waals surface area contributed by atoms with E-state index in [0.717, 1.165) is 36.6 Å². The standard InChI is InChI=1S/C21H22Cl2N2O2/c1-14(20(26)24-18-5-2-16(22)3-6-18)25-10-8-21(9-11-25)19-7-4-17(23)12-15(19)13-27-21/h2-7,12,14H,8-11,13H2,1H3,(H,24,26). The smallest absolute Gasteiger partial charge is 0.241 e. The quantitative estimate of drug-likeness (QED) is 0.795. The molecule has 6 heteroatoms. The molecule has 27 heavy (non-hydrogen) atoms. The molecule has 2 aromatic rings. The lowest BCUT2D eigenvalue weighted by Gasteiger charge is -2.41. The summed E-state index contributed by atoms with van der Waals surface area (Å²) >= 11 is 12.0. The third-order valence-corrected chi connectivity index (χ3v) is 6.19. The normalized spacial score (nSPS) is 19.7. The Hall–Kier alpha value is -1.59. The number of rotatable bonds is 3. The first-order chi connectivity index (χ1) is 13.0. The van der Waals surface area contributed by atoms with Crippen LogP contribution in [0, 0.1) is 0 Å². The SMILES string of the molecule is CC(C(=O)Nc1ccc(Cl)cc1)N1CCC2(CC1)OCc1cc(Cl)ccc12. The second-order valence-corrected chi connectivity index (χ2v) is 8.17. The summed E-state index contributed by atoms with van der Waals surface area (Å²) in [5, 5.41) is 4.37. The molecule has 1 unspecified atom stereocenters. The van der Waals surface area contributed by atoms with Gasteiger partial charge in [-0.2, -0.15) is 0 Å². The number of benzene rings is 2. The molecule has 1 atom stereocenters. The minimum absolute atomic E-state index is 0.00667. The lowest BCUT2D eigenvalue weighted by Crippen LogP contribution is -2.49. The van der Waals surface area contributed by atoms with Crippen LogP contribution in [0.2, 0.25) is 10.0 Å². The van der Waals surface area contributed by atoms with Gasteiger partial charge in [0.1, 0.15) is 0 Å². The van der Waals surface area contributed by atoms with Crippen LogP contribution >= 0.6 is 23.2 Å². The molecule has 4 rings (SSSR count). The summed E-state index contributed by atoms with van der Waals surface area (Å²) in [6.07, 6.45) is 1.75. The summed E-state index contributed by atoms with van der Waals surface area (Å²) in [7, 11) is 0. The first-order valence-electron chi connectivity index (χ1n) is 9.20. The number of likely N-dealkylation sites (tertiary alicyclic amines) is 1. The molecular weight excluding hydrogens is 383 g/mol. The fourth-order valence-electron chi connectivity index (χ4n) is 4.05. The van der Waals surface area contributed by atoms with Gasteiger partial charge in [-0.25, -0.2) is 0 Å². The van der Waals surface area contributed by atoms with Gasteiger partial charge in [0.15, 0.2) is 0 Å². The summed E-state index contributed by atoms with van der Waals surface area (Å²) in [4.78, 5) is 14.8. The van der Waals surface area contributed by atoms with Gasteiger partial charge in [-0.3, -0.25) is 9.69 Å². The van der Waals surface area contributed by atoms with Gasteiger partial charge in [-0.1, -0.05) is 29.3 Å². The molecule has 2 heterocycles. The number of ether oxygens (including phenoxy) is 1. The second kappa shape index (κ2) is 7.44. The fraction of sp³-hybridized carbons (Fsp3) is 0.381. The van der Waals surface area contributed by atoms with Crippen molar-refractivity contribution in [1.82, 2.24) is 4.90 Å². The number of amides is 1. The fourth-order valence-corrected chi connectivity index (χ4v) is 4.37. The molecule has 1 saturated heterocycles. The van der Waals surface area contributed by atoms with E-state index < -0.39 is 0 Å². The minimum atomic E-state index is -0.233. The Bertz CT molecular complexity index is 846. The highest BCUT2D eigenvalue weighted by Gasteiger charge is 2.43. The summed E-state index contributed by atoms with van der Waals surface area (Å²) in [5.74, 6) is -0.00667. The van der Waals surface area contributed by atoms with E-state index >= 15 is 0 Å². The van der Waals surface area contributed by atoms with Gasteiger partial charge in [0, 0.05) is 28.8 Å². The van der Waals surface area contributed by atoms with Crippen molar-refractivity contribution in [2.75, 3.05) is 18.4 Å². The van der Waals surface area contributed by atoms with Crippen molar-refractivity contribution in [3.05, 3.63) is 63.6 Å². The predicted molar refractivity (Wildman–Crippen MR) is 108 cm³/mol. The zero-order chi connectivity index (χ0) is 19.0. The van der Waals surface area contributed by atoms with Crippen LogP contribution in [0.15, 0.2) is 42.5 Å². The third kappa shape index (κ3) is 3.72. The molecule has 2 aliphatic rings. The van der Waals surface area contributed by atoms with Gasteiger partial charge in [0.25, 0.3) is 0 Å². The summed E-state index contributed by atoms with van der Waals surface area (Å²) in [6.45, 7) is 4.20. The Morgan fingerprint density at radius 2 is 1.78 bits per heavy atom. The highest BCUT2D eigenvalue weighted by atomic mass is 35.5. The zero-order valence-electron chi connectivity index (χ0n) is 15.2. The number of carbonyl (C=O) groups is 1. The van der Waals surface area contributed by atoms with Crippen molar-refractivity contribution < 1.29 is 9.53 Å².